The van der Waals surface area contributed by atoms with Gasteiger partial charge in [0.25, 0.3) is 5.91 Å². The average molecular weight is 572 g/mol. The van der Waals surface area contributed by atoms with Gasteiger partial charge in [0.2, 0.25) is 5.95 Å². The standard InChI is InChI=1S/C32H34FN5O4/c1-5-26(33)25(29(6-2)40-4)19-42-30-10-8-23-15-22(30)18-41-14-12-20(3)17-36-31(39)21-7-9-24(27(34)16-21)28-11-13-35-32(37-23)38-28/h2,5,7-11,13,15-16,20H,12,14,17-19,34H2,1,3-4H3,(H,36,39)(H,35,37,38)/b26-5+,29-25+/t20-/m1/s1. The molecule has 0 spiro atoms. The number of nitrogens with two attached hydrogens (primary N) is 1. The number of terminal acetylenes is 1. The molecule has 0 saturated carbocycles. The first-order valence-electron chi connectivity index (χ1n) is 13.5. The molecule has 1 amide bonds. The van der Waals surface area contributed by atoms with Crippen molar-refractivity contribution in [3.05, 3.63) is 83.0 Å². The minimum atomic E-state index is -0.530. The molecule has 0 unspecified atom stereocenters. The van der Waals surface area contributed by atoms with Crippen molar-refractivity contribution in [2.45, 2.75) is 26.9 Å². The fourth-order valence-corrected chi connectivity index (χ4v) is 4.32. The van der Waals surface area contributed by atoms with Crippen LogP contribution in [0.15, 0.2) is 71.9 Å². The van der Waals surface area contributed by atoms with E-state index in [1.165, 1.54) is 13.2 Å². The van der Waals surface area contributed by atoms with Gasteiger partial charge in [0, 0.05) is 47.4 Å². The van der Waals surface area contributed by atoms with Crippen LogP contribution >= 0.6 is 0 Å². The van der Waals surface area contributed by atoms with E-state index < -0.39 is 5.83 Å². The third-order valence-corrected chi connectivity index (χ3v) is 6.71. The summed E-state index contributed by atoms with van der Waals surface area (Å²) in [5.41, 5.74) is 10.0. The number of hydrogen-bond donors (Lipinski definition) is 3. The number of amides is 1. The number of halogens is 1. The summed E-state index contributed by atoms with van der Waals surface area (Å²) in [6, 6.07) is 12.3. The lowest BCUT2D eigenvalue weighted by Gasteiger charge is -2.17. The van der Waals surface area contributed by atoms with Crippen LogP contribution in [0, 0.1) is 18.3 Å². The van der Waals surface area contributed by atoms with Crippen LogP contribution in [0.2, 0.25) is 0 Å². The van der Waals surface area contributed by atoms with Gasteiger partial charge in [-0.2, -0.15) is 0 Å². The molecule has 5 rings (SSSR count). The number of nitrogens with one attached hydrogen (secondary N) is 2. The van der Waals surface area contributed by atoms with Gasteiger partial charge in [-0.1, -0.05) is 13.0 Å². The number of carbonyl (C=O) groups excluding carboxylic acids is 1. The second-order valence-corrected chi connectivity index (χ2v) is 9.75. The van der Waals surface area contributed by atoms with Crippen molar-refractivity contribution < 1.29 is 23.4 Å². The van der Waals surface area contributed by atoms with Gasteiger partial charge in [0.1, 0.15) is 18.2 Å². The van der Waals surface area contributed by atoms with Crippen LogP contribution in [0.25, 0.3) is 11.3 Å². The molecule has 2 aromatic carbocycles. The highest BCUT2D eigenvalue weighted by Gasteiger charge is 2.16. The zero-order chi connectivity index (χ0) is 30.1. The molecule has 0 saturated heterocycles. The number of aromatic nitrogens is 2. The minimum Gasteiger partial charge on any atom is -0.488 e. The molecule has 218 valence electrons. The van der Waals surface area contributed by atoms with Gasteiger partial charge in [-0.05, 0) is 67.6 Å². The Kier molecular flexibility index (Phi) is 10.1. The molecule has 2 aliphatic rings. The zero-order valence-corrected chi connectivity index (χ0v) is 23.9. The Morgan fingerprint density at radius 2 is 2.12 bits per heavy atom. The number of nitrogens with zero attached hydrogens (tertiary/aromatic N) is 2. The normalized spacial score (nSPS) is 16.5. The summed E-state index contributed by atoms with van der Waals surface area (Å²) in [5.74, 6) is 2.68. The highest BCUT2D eigenvalue weighted by atomic mass is 19.1. The number of ether oxygens (including phenoxy) is 3. The Labute approximate surface area is 245 Å². The fourth-order valence-electron chi connectivity index (χ4n) is 4.32. The molecular weight excluding hydrogens is 537 g/mol. The largest absolute Gasteiger partial charge is 0.488 e. The van der Waals surface area contributed by atoms with E-state index in [1.807, 2.05) is 13.0 Å². The van der Waals surface area contributed by atoms with Crippen molar-refractivity contribution in [2.24, 2.45) is 5.92 Å². The Hall–Kier alpha value is -4.88. The number of methoxy groups -OCH3 is 1. The number of nitrogen functional groups attached to an aromatic ring is 1. The van der Waals surface area contributed by atoms with Crippen LogP contribution < -0.4 is 21.1 Å². The first kappa shape index (κ1) is 30.1. The van der Waals surface area contributed by atoms with Crippen molar-refractivity contribution in [2.75, 3.05) is 37.9 Å². The maximum Gasteiger partial charge on any atom is 0.251 e. The van der Waals surface area contributed by atoms with Crippen LogP contribution in [-0.4, -0.2) is 42.7 Å². The van der Waals surface area contributed by atoms with E-state index in [-0.39, 0.29) is 36.4 Å². The van der Waals surface area contributed by atoms with Gasteiger partial charge in [-0.25, -0.2) is 14.4 Å². The minimum absolute atomic E-state index is 0.0546. The van der Waals surface area contributed by atoms with Crippen molar-refractivity contribution in [1.29, 1.82) is 0 Å². The Balaban J connectivity index is 1.67. The second kappa shape index (κ2) is 14.1. The van der Waals surface area contributed by atoms with Crippen LogP contribution in [0.4, 0.5) is 21.7 Å². The SMILES string of the molecule is C#C/C(OC)=C(COc1ccc2cc1COCC[C@@H](C)CNC(=O)c1ccc(c(N)c1)-c1ccnc(n1)N2)\C(F)=C/C. The summed E-state index contributed by atoms with van der Waals surface area (Å²) in [5, 5.41) is 6.18. The zero-order valence-electron chi connectivity index (χ0n) is 23.9. The molecule has 2 aliphatic heterocycles. The monoisotopic (exact) mass is 571 g/mol. The molecule has 0 fully saturated rings. The lowest BCUT2D eigenvalue weighted by atomic mass is 10.0. The summed E-state index contributed by atoms with van der Waals surface area (Å²) in [7, 11) is 1.38. The number of anilines is 3. The van der Waals surface area contributed by atoms with E-state index in [4.69, 9.17) is 26.4 Å². The smallest absolute Gasteiger partial charge is 0.251 e. The Morgan fingerprint density at radius 1 is 1.29 bits per heavy atom. The molecule has 1 atom stereocenters. The molecule has 10 heteroatoms. The number of hydrogen-bond acceptors (Lipinski definition) is 8. The van der Waals surface area contributed by atoms with Crippen molar-refractivity contribution >= 4 is 23.2 Å². The van der Waals surface area contributed by atoms with E-state index in [1.54, 1.807) is 49.5 Å². The van der Waals surface area contributed by atoms with Crippen molar-refractivity contribution in [3.63, 3.8) is 0 Å². The maximum atomic E-state index is 14.6. The second-order valence-electron chi connectivity index (χ2n) is 9.75. The summed E-state index contributed by atoms with van der Waals surface area (Å²) in [6.07, 6.45) is 9.15. The molecule has 6 bridgehead atoms. The molecule has 1 aromatic heterocycles. The van der Waals surface area contributed by atoms with Gasteiger partial charge < -0.3 is 30.6 Å². The third-order valence-electron chi connectivity index (χ3n) is 6.71. The van der Waals surface area contributed by atoms with Gasteiger partial charge in [0.15, 0.2) is 5.76 Å². The highest BCUT2D eigenvalue weighted by molar-refractivity contribution is 5.96. The predicted octanol–water partition coefficient (Wildman–Crippen LogP) is 5.54. The Bertz CT molecular complexity index is 1550. The number of fused-ring (bicyclic) bond motifs is 9. The summed E-state index contributed by atoms with van der Waals surface area (Å²) >= 11 is 0. The lowest BCUT2D eigenvalue weighted by Crippen LogP contribution is -2.28. The topological polar surface area (TPSA) is 121 Å². The number of carbonyl (C=O) groups is 1. The van der Waals surface area contributed by atoms with E-state index in [2.05, 4.69) is 26.5 Å². The van der Waals surface area contributed by atoms with E-state index in [0.717, 1.165) is 5.56 Å². The summed E-state index contributed by atoms with van der Waals surface area (Å²) in [6.45, 7) is 4.61. The molecule has 9 nitrogen and oxygen atoms in total. The van der Waals surface area contributed by atoms with Crippen LogP contribution in [0.3, 0.4) is 0 Å². The van der Waals surface area contributed by atoms with Gasteiger partial charge >= 0.3 is 0 Å². The van der Waals surface area contributed by atoms with Crippen LogP contribution in [0.5, 0.6) is 5.75 Å². The Morgan fingerprint density at radius 3 is 2.86 bits per heavy atom. The van der Waals surface area contributed by atoms with Crippen molar-refractivity contribution in [1.82, 2.24) is 15.3 Å². The highest BCUT2D eigenvalue weighted by Crippen LogP contribution is 2.29. The molecular formula is C32H34FN5O4. The quantitative estimate of drug-likeness (QED) is 0.158. The third kappa shape index (κ3) is 7.44. The molecule has 3 heterocycles. The van der Waals surface area contributed by atoms with E-state index >= 15 is 0 Å². The average Bonchev–Trinajstić information content (AvgIpc) is 3.00. The lowest BCUT2D eigenvalue weighted by molar-refractivity contribution is 0.0924. The number of rotatable bonds is 5. The molecule has 0 radical (unpaired) electrons. The number of allylic oxidation sites excluding steroid dienone is 2. The number of benzene rings is 2. The maximum absolute atomic E-state index is 14.6. The predicted molar refractivity (Wildman–Crippen MR) is 161 cm³/mol. The van der Waals surface area contributed by atoms with Gasteiger partial charge in [0.05, 0.1) is 25.0 Å². The van der Waals surface area contributed by atoms with Crippen LogP contribution in [-0.2, 0) is 16.1 Å². The van der Waals surface area contributed by atoms with Crippen LogP contribution in [0.1, 0.15) is 36.2 Å². The molecule has 4 N–H and O–H groups in total. The first-order valence-corrected chi connectivity index (χ1v) is 13.5. The molecule has 0 aliphatic carbocycles. The van der Waals surface area contributed by atoms with E-state index in [0.29, 0.717) is 59.5 Å². The summed E-state index contributed by atoms with van der Waals surface area (Å²) in [4.78, 5) is 21.7. The van der Waals surface area contributed by atoms with Gasteiger partial charge in [-0.15, -0.1) is 6.42 Å². The van der Waals surface area contributed by atoms with E-state index in [9.17, 15) is 9.18 Å². The molecule has 3 aromatic rings. The fraction of sp³-hybridized carbons (Fsp3) is 0.281. The van der Waals surface area contributed by atoms with Gasteiger partial charge in [-0.3, -0.25) is 4.79 Å². The van der Waals surface area contributed by atoms with Crippen molar-refractivity contribution in [3.8, 4) is 29.4 Å². The molecule has 42 heavy (non-hydrogen) atoms. The first-order chi connectivity index (χ1) is 20.3. The summed E-state index contributed by atoms with van der Waals surface area (Å²) < 4.78 is 31.8.